The fourth-order valence-electron chi connectivity index (χ4n) is 2.77. The Labute approximate surface area is 131 Å². The Morgan fingerprint density at radius 3 is 2.36 bits per heavy atom. The molecule has 1 aromatic rings. The van der Waals surface area contributed by atoms with Gasteiger partial charge in [-0.2, -0.15) is 0 Å². The van der Waals surface area contributed by atoms with Gasteiger partial charge in [-0.25, -0.2) is 0 Å². The van der Waals surface area contributed by atoms with Crippen LogP contribution in [0.4, 0.5) is 0 Å². The highest BCUT2D eigenvalue weighted by atomic mass is 16.5. The van der Waals surface area contributed by atoms with E-state index in [0.29, 0.717) is 0 Å². The first-order valence-electron chi connectivity index (χ1n) is 7.80. The molecule has 5 nitrogen and oxygen atoms in total. The van der Waals surface area contributed by atoms with Gasteiger partial charge in [0.05, 0.1) is 0 Å². The number of carbonyl (C=O) groups is 2. The monoisotopic (exact) mass is 304 g/mol. The van der Waals surface area contributed by atoms with Crippen LogP contribution < -0.4 is 10.6 Å². The van der Waals surface area contributed by atoms with Gasteiger partial charge in [0.2, 0.25) is 5.91 Å². The average molecular weight is 304 g/mol. The summed E-state index contributed by atoms with van der Waals surface area (Å²) < 4.78 is 5.27. The minimum Gasteiger partial charge on any atom is -0.367 e. The Morgan fingerprint density at radius 1 is 1.14 bits per heavy atom. The van der Waals surface area contributed by atoms with Crippen molar-refractivity contribution in [1.82, 2.24) is 10.6 Å². The van der Waals surface area contributed by atoms with Crippen LogP contribution in [-0.4, -0.2) is 31.0 Å². The maximum atomic E-state index is 12.3. The smallest absolute Gasteiger partial charge is 0.254 e. The molecule has 1 fully saturated rings. The maximum Gasteiger partial charge on any atom is 0.254 e. The van der Waals surface area contributed by atoms with E-state index in [4.69, 9.17) is 4.74 Å². The summed E-state index contributed by atoms with van der Waals surface area (Å²) in [4.78, 5) is 24.4. The minimum atomic E-state index is -0.706. The zero-order chi connectivity index (χ0) is 15.9. The van der Waals surface area contributed by atoms with E-state index in [1.807, 2.05) is 30.3 Å². The second-order valence-corrected chi connectivity index (χ2v) is 5.75. The molecule has 0 unspecified atom stereocenters. The summed E-state index contributed by atoms with van der Waals surface area (Å²) in [5.41, 5.74) is 0.769. The van der Waals surface area contributed by atoms with Gasteiger partial charge in [-0.05, 0) is 25.3 Å². The summed E-state index contributed by atoms with van der Waals surface area (Å²) in [6, 6.07) is 8.92. The third-order valence-electron chi connectivity index (χ3n) is 4.03. The van der Waals surface area contributed by atoms with Crippen LogP contribution in [0, 0.1) is 0 Å². The molecule has 1 aromatic carbocycles. The third kappa shape index (κ3) is 4.31. The van der Waals surface area contributed by atoms with Crippen LogP contribution in [0.2, 0.25) is 0 Å². The summed E-state index contributed by atoms with van der Waals surface area (Å²) in [7, 11) is 1.49. The first-order chi connectivity index (χ1) is 10.6. The molecule has 2 atom stereocenters. The molecule has 2 rings (SSSR count). The molecule has 2 amide bonds. The molecule has 0 saturated heterocycles. The van der Waals surface area contributed by atoms with Gasteiger partial charge in [0.25, 0.3) is 5.91 Å². The molecule has 0 aromatic heterocycles. The van der Waals surface area contributed by atoms with Crippen molar-refractivity contribution >= 4 is 11.8 Å². The predicted molar refractivity (Wildman–Crippen MR) is 84.2 cm³/mol. The molecule has 1 aliphatic rings. The van der Waals surface area contributed by atoms with Crippen molar-refractivity contribution < 1.29 is 14.3 Å². The summed E-state index contributed by atoms with van der Waals surface area (Å²) in [6.07, 6.45) is 3.66. The molecule has 5 heteroatoms. The first-order valence-corrected chi connectivity index (χ1v) is 7.80. The maximum absolute atomic E-state index is 12.3. The standard InChI is InChI=1S/C17H24N2O3/c1-12(16(20)19-14-10-6-7-11-14)18-17(21)15(22-2)13-8-4-3-5-9-13/h3-5,8-9,12,14-15H,6-7,10-11H2,1-2H3,(H,18,21)(H,19,20)/t12-,15+/m0/s1. The Bertz CT molecular complexity index is 498. The van der Waals surface area contributed by atoms with Gasteiger partial charge in [-0.3, -0.25) is 9.59 Å². The molecule has 0 bridgehead atoms. The first kappa shape index (κ1) is 16.5. The van der Waals surface area contributed by atoms with Crippen molar-refractivity contribution in [3.8, 4) is 0 Å². The SMILES string of the molecule is CO[C@@H](C(=O)N[C@@H](C)C(=O)NC1CCCC1)c1ccccc1. The second-order valence-electron chi connectivity index (χ2n) is 5.75. The summed E-state index contributed by atoms with van der Waals surface area (Å²) in [5, 5.41) is 5.71. The van der Waals surface area contributed by atoms with Crippen LogP contribution >= 0.6 is 0 Å². The van der Waals surface area contributed by atoms with Crippen molar-refractivity contribution in [2.24, 2.45) is 0 Å². The summed E-state index contributed by atoms with van der Waals surface area (Å²) in [5.74, 6) is -0.439. The van der Waals surface area contributed by atoms with Crippen LogP contribution in [0.5, 0.6) is 0 Å². The lowest BCUT2D eigenvalue weighted by Crippen LogP contribution is -2.48. The zero-order valence-corrected chi connectivity index (χ0v) is 13.2. The highest BCUT2D eigenvalue weighted by Crippen LogP contribution is 2.18. The van der Waals surface area contributed by atoms with Crippen molar-refractivity contribution in [3.05, 3.63) is 35.9 Å². The van der Waals surface area contributed by atoms with Crippen LogP contribution in [0.1, 0.15) is 44.3 Å². The number of benzene rings is 1. The Hall–Kier alpha value is -1.88. The largest absolute Gasteiger partial charge is 0.367 e. The van der Waals surface area contributed by atoms with Crippen LogP contribution in [0.3, 0.4) is 0 Å². The van der Waals surface area contributed by atoms with Crippen molar-refractivity contribution in [3.63, 3.8) is 0 Å². The van der Waals surface area contributed by atoms with E-state index in [2.05, 4.69) is 10.6 Å². The van der Waals surface area contributed by atoms with Crippen LogP contribution in [0.25, 0.3) is 0 Å². The van der Waals surface area contributed by atoms with E-state index in [1.165, 1.54) is 7.11 Å². The number of methoxy groups -OCH3 is 1. The molecule has 0 radical (unpaired) electrons. The topological polar surface area (TPSA) is 67.4 Å². The summed E-state index contributed by atoms with van der Waals surface area (Å²) in [6.45, 7) is 1.69. The molecule has 0 heterocycles. The van der Waals surface area contributed by atoms with E-state index in [-0.39, 0.29) is 17.9 Å². The van der Waals surface area contributed by atoms with Crippen LogP contribution in [-0.2, 0) is 14.3 Å². The van der Waals surface area contributed by atoms with Crippen molar-refractivity contribution in [2.45, 2.75) is 50.8 Å². The Balaban J connectivity index is 1.90. The second kappa shape index (κ2) is 7.94. The molecule has 1 aliphatic carbocycles. The van der Waals surface area contributed by atoms with E-state index >= 15 is 0 Å². The van der Waals surface area contributed by atoms with Crippen molar-refractivity contribution in [1.29, 1.82) is 0 Å². The highest BCUT2D eigenvalue weighted by Gasteiger charge is 2.25. The van der Waals surface area contributed by atoms with Crippen LogP contribution in [0.15, 0.2) is 30.3 Å². The minimum absolute atomic E-state index is 0.136. The Kier molecular flexibility index (Phi) is 5.95. The number of hydrogen-bond acceptors (Lipinski definition) is 3. The van der Waals surface area contributed by atoms with Gasteiger partial charge in [0.15, 0.2) is 6.10 Å². The molecule has 2 N–H and O–H groups in total. The molecule has 22 heavy (non-hydrogen) atoms. The fraction of sp³-hybridized carbons (Fsp3) is 0.529. The molecular weight excluding hydrogens is 280 g/mol. The van der Waals surface area contributed by atoms with Gasteiger partial charge in [0, 0.05) is 13.2 Å². The van der Waals surface area contributed by atoms with E-state index in [1.54, 1.807) is 6.92 Å². The molecule has 0 aliphatic heterocycles. The lowest BCUT2D eigenvalue weighted by Gasteiger charge is -2.21. The van der Waals surface area contributed by atoms with Gasteiger partial charge in [-0.15, -0.1) is 0 Å². The quantitative estimate of drug-likeness (QED) is 0.844. The average Bonchev–Trinajstić information content (AvgIpc) is 3.02. The summed E-state index contributed by atoms with van der Waals surface area (Å²) >= 11 is 0. The lowest BCUT2D eigenvalue weighted by atomic mass is 10.1. The van der Waals surface area contributed by atoms with Gasteiger partial charge < -0.3 is 15.4 Å². The number of nitrogens with one attached hydrogen (secondary N) is 2. The Morgan fingerprint density at radius 2 is 1.77 bits per heavy atom. The van der Waals surface area contributed by atoms with E-state index < -0.39 is 12.1 Å². The third-order valence-corrected chi connectivity index (χ3v) is 4.03. The number of hydrogen-bond donors (Lipinski definition) is 2. The van der Waals surface area contributed by atoms with Gasteiger partial charge in [-0.1, -0.05) is 43.2 Å². The fourth-order valence-corrected chi connectivity index (χ4v) is 2.77. The number of ether oxygens (including phenoxy) is 1. The van der Waals surface area contributed by atoms with E-state index in [0.717, 1.165) is 31.2 Å². The van der Waals surface area contributed by atoms with Gasteiger partial charge in [0.1, 0.15) is 6.04 Å². The number of amides is 2. The molecular formula is C17H24N2O3. The predicted octanol–water partition coefficient (Wildman–Crippen LogP) is 1.94. The zero-order valence-electron chi connectivity index (χ0n) is 13.2. The molecule has 120 valence electrons. The number of rotatable bonds is 6. The lowest BCUT2D eigenvalue weighted by molar-refractivity contribution is -0.135. The molecule has 0 spiro atoms. The molecule has 1 saturated carbocycles. The number of carbonyl (C=O) groups excluding carboxylic acids is 2. The normalized spacial score (nSPS) is 17.7. The van der Waals surface area contributed by atoms with Crippen molar-refractivity contribution in [2.75, 3.05) is 7.11 Å². The highest BCUT2D eigenvalue weighted by molar-refractivity contribution is 5.89. The van der Waals surface area contributed by atoms with Gasteiger partial charge >= 0.3 is 0 Å². The van der Waals surface area contributed by atoms with E-state index in [9.17, 15) is 9.59 Å².